The normalized spacial score (nSPS) is 49.5. The Morgan fingerprint density at radius 1 is 0.967 bits per heavy atom. The van der Waals surface area contributed by atoms with Crippen LogP contribution < -0.4 is 0 Å². The SMILES string of the molecule is CC(C)CCC[C@H](C)[C@@H]1CC[C@@H]2[C@@H]3CC[C@@]4(C)CC(=O)[C@H](Br)C[C@]4(C)[C@H]3CC[C@@]21C. The third-order valence-corrected chi connectivity index (χ3v) is 12.2. The largest absolute Gasteiger partial charge is 0.298 e. The van der Waals surface area contributed by atoms with Gasteiger partial charge in [0.15, 0.2) is 0 Å². The maximum atomic E-state index is 12.6. The predicted octanol–water partition coefficient (Wildman–Crippen LogP) is 8.44. The van der Waals surface area contributed by atoms with Gasteiger partial charge < -0.3 is 0 Å². The Kier molecular flexibility index (Phi) is 6.35. The van der Waals surface area contributed by atoms with Crippen LogP contribution in [0, 0.1) is 51.8 Å². The Morgan fingerprint density at radius 3 is 2.40 bits per heavy atom. The smallest absolute Gasteiger partial charge is 0.147 e. The molecule has 0 radical (unpaired) electrons. The second-order valence-electron chi connectivity index (χ2n) is 13.2. The molecule has 9 atom stereocenters. The average Bonchev–Trinajstić information content (AvgIpc) is 3.01. The van der Waals surface area contributed by atoms with Crippen LogP contribution in [0.1, 0.15) is 112 Å². The minimum absolute atomic E-state index is 0.0972. The molecule has 172 valence electrons. The average molecular weight is 480 g/mol. The Labute approximate surface area is 195 Å². The molecule has 0 aliphatic heterocycles. The maximum Gasteiger partial charge on any atom is 0.147 e. The van der Waals surface area contributed by atoms with E-state index >= 15 is 0 Å². The van der Waals surface area contributed by atoms with Crippen molar-refractivity contribution >= 4 is 21.7 Å². The maximum absolute atomic E-state index is 12.6. The molecule has 4 aliphatic carbocycles. The van der Waals surface area contributed by atoms with E-state index in [0.29, 0.717) is 16.6 Å². The van der Waals surface area contributed by atoms with Gasteiger partial charge >= 0.3 is 0 Å². The van der Waals surface area contributed by atoms with Crippen molar-refractivity contribution in [2.75, 3.05) is 0 Å². The summed E-state index contributed by atoms with van der Waals surface area (Å²) in [6.45, 7) is 15.0. The predicted molar refractivity (Wildman–Crippen MR) is 131 cm³/mol. The van der Waals surface area contributed by atoms with Crippen LogP contribution in [-0.2, 0) is 4.79 Å². The third-order valence-electron chi connectivity index (χ3n) is 11.4. The van der Waals surface area contributed by atoms with E-state index in [9.17, 15) is 4.79 Å². The molecule has 0 spiro atoms. The molecule has 4 saturated carbocycles. The van der Waals surface area contributed by atoms with Crippen LogP contribution in [0.4, 0.5) is 0 Å². The van der Waals surface area contributed by atoms with E-state index in [-0.39, 0.29) is 10.2 Å². The molecule has 30 heavy (non-hydrogen) atoms. The van der Waals surface area contributed by atoms with Crippen molar-refractivity contribution in [2.45, 2.75) is 117 Å². The first-order valence-corrected chi connectivity index (χ1v) is 14.1. The highest BCUT2D eigenvalue weighted by atomic mass is 79.9. The van der Waals surface area contributed by atoms with Gasteiger partial charge in [-0.2, -0.15) is 0 Å². The molecule has 4 rings (SSSR count). The molecular formula is C28H47BrO. The zero-order chi connectivity index (χ0) is 21.9. The quantitative estimate of drug-likeness (QED) is 0.362. The summed E-state index contributed by atoms with van der Waals surface area (Å²) in [7, 11) is 0. The summed E-state index contributed by atoms with van der Waals surface area (Å²) in [5.74, 6) is 5.80. The molecule has 4 aliphatic rings. The molecule has 0 N–H and O–H groups in total. The summed E-state index contributed by atoms with van der Waals surface area (Å²) in [6.07, 6.45) is 14.6. The van der Waals surface area contributed by atoms with Crippen LogP contribution >= 0.6 is 15.9 Å². The van der Waals surface area contributed by atoms with Crippen LogP contribution in [0.2, 0.25) is 0 Å². The summed E-state index contributed by atoms with van der Waals surface area (Å²) in [6, 6.07) is 0. The lowest BCUT2D eigenvalue weighted by molar-refractivity contribution is -0.162. The van der Waals surface area contributed by atoms with Gasteiger partial charge in [-0.15, -0.1) is 0 Å². The van der Waals surface area contributed by atoms with Crippen molar-refractivity contribution in [3.63, 3.8) is 0 Å². The Balaban J connectivity index is 1.52. The summed E-state index contributed by atoms with van der Waals surface area (Å²) < 4.78 is 0. The lowest BCUT2D eigenvalue weighted by Crippen LogP contribution is -2.59. The Hall–Kier alpha value is 0.150. The summed E-state index contributed by atoms with van der Waals surface area (Å²) in [4.78, 5) is 12.7. The van der Waals surface area contributed by atoms with Gasteiger partial charge in [-0.1, -0.05) is 76.7 Å². The highest BCUT2D eigenvalue weighted by molar-refractivity contribution is 9.10. The van der Waals surface area contributed by atoms with Gasteiger partial charge in [-0.3, -0.25) is 4.79 Å². The first-order valence-electron chi connectivity index (χ1n) is 13.2. The van der Waals surface area contributed by atoms with Crippen molar-refractivity contribution in [2.24, 2.45) is 51.8 Å². The van der Waals surface area contributed by atoms with Gasteiger partial charge in [-0.25, -0.2) is 0 Å². The molecule has 0 bridgehead atoms. The van der Waals surface area contributed by atoms with Gasteiger partial charge in [0.05, 0.1) is 4.83 Å². The van der Waals surface area contributed by atoms with E-state index in [1.54, 1.807) is 0 Å². The first kappa shape index (κ1) is 23.3. The number of carbonyl (C=O) groups excluding carboxylic acids is 1. The van der Waals surface area contributed by atoms with E-state index in [2.05, 4.69) is 57.5 Å². The molecule has 0 saturated heterocycles. The number of ketones is 1. The minimum Gasteiger partial charge on any atom is -0.298 e. The van der Waals surface area contributed by atoms with Gasteiger partial charge in [0.1, 0.15) is 5.78 Å². The number of rotatable bonds is 5. The summed E-state index contributed by atoms with van der Waals surface area (Å²) in [5.41, 5.74) is 1.13. The minimum atomic E-state index is 0.0972. The summed E-state index contributed by atoms with van der Waals surface area (Å²) in [5, 5.41) is 0. The fourth-order valence-corrected chi connectivity index (χ4v) is 10.2. The van der Waals surface area contributed by atoms with Gasteiger partial charge in [0, 0.05) is 6.42 Å². The van der Waals surface area contributed by atoms with Crippen LogP contribution in [-0.4, -0.2) is 10.6 Å². The number of carbonyl (C=O) groups is 1. The molecule has 0 unspecified atom stereocenters. The molecule has 4 fully saturated rings. The molecule has 0 aromatic rings. The van der Waals surface area contributed by atoms with Crippen molar-refractivity contribution in [1.29, 1.82) is 0 Å². The number of alkyl halides is 1. The van der Waals surface area contributed by atoms with Crippen molar-refractivity contribution in [1.82, 2.24) is 0 Å². The second kappa shape index (κ2) is 8.18. The second-order valence-corrected chi connectivity index (χ2v) is 14.3. The van der Waals surface area contributed by atoms with Crippen molar-refractivity contribution < 1.29 is 4.79 Å². The Bertz CT molecular complexity index is 657. The lowest BCUT2D eigenvalue weighted by Gasteiger charge is -2.65. The molecular weight excluding hydrogens is 432 g/mol. The van der Waals surface area contributed by atoms with E-state index < -0.39 is 0 Å². The van der Waals surface area contributed by atoms with Gasteiger partial charge in [-0.05, 0) is 96.7 Å². The Morgan fingerprint density at radius 2 is 1.70 bits per heavy atom. The number of Topliss-reactive ketones (excluding diaryl/α,β-unsaturated/α-hetero) is 1. The topological polar surface area (TPSA) is 17.1 Å². The molecule has 0 heterocycles. The first-order chi connectivity index (χ1) is 14.0. The van der Waals surface area contributed by atoms with Crippen LogP contribution in [0.3, 0.4) is 0 Å². The highest BCUT2D eigenvalue weighted by Crippen LogP contribution is 2.71. The summed E-state index contributed by atoms with van der Waals surface area (Å²) >= 11 is 3.77. The fraction of sp³-hybridized carbons (Fsp3) is 0.964. The molecule has 1 nitrogen and oxygen atoms in total. The lowest BCUT2D eigenvalue weighted by atomic mass is 9.40. The monoisotopic (exact) mass is 478 g/mol. The van der Waals surface area contributed by atoms with Gasteiger partial charge in [0.2, 0.25) is 0 Å². The highest BCUT2D eigenvalue weighted by Gasteiger charge is 2.64. The number of hydrogen-bond donors (Lipinski definition) is 0. The van der Waals surface area contributed by atoms with Crippen LogP contribution in [0.5, 0.6) is 0 Å². The zero-order valence-corrected chi connectivity index (χ0v) is 22.2. The van der Waals surface area contributed by atoms with E-state index in [0.717, 1.165) is 48.3 Å². The van der Waals surface area contributed by atoms with E-state index in [1.165, 1.54) is 57.8 Å². The van der Waals surface area contributed by atoms with Crippen molar-refractivity contribution in [3.05, 3.63) is 0 Å². The number of fused-ring (bicyclic) bond motifs is 5. The van der Waals surface area contributed by atoms with Crippen molar-refractivity contribution in [3.8, 4) is 0 Å². The van der Waals surface area contributed by atoms with Crippen LogP contribution in [0.25, 0.3) is 0 Å². The van der Waals surface area contributed by atoms with Crippen LogP contribution in [0.15, 0.2) is 0 Å². The van der Waals surface area contributed by atoms with E-state index in [4.69, 9.17) is 0 Å². The molecule has 0 aromatic carbocycles. The van der Waals surface area contributed by atoms with Gasteiger partial charge in [0.25, 0.3) is 0 Å². The standard InChI is InChI=1S/C28H47BrO/c1-18(2)8-7-9-19(3)21-10-11-22-20-12-14-26(4)17-25(30)24(29)16-28(26,6)23(20)13-15-27(21,22)5/h18-24H,7-17H2,1-6H3/t19-,20-,21-,22+,23-,24+,26-,27+,28+/m0/s1. The molecule has 0 aromatic heterocycles. The zero-order valence-electron chi connectivity index (χ0n) is 20.6. The fourth-order valence-electron chi connectivity index (χ4n) is 9.39. The molecule has 2 heteroatoms. The van der Waals surface area contributed by atoms with E-state index in [1.807, 2.05) is 0 Å². The number of halogens is 1. The number of hydrogen-bond acceptors (Lipinski definition) is 1. The third kappa shape index (κ3) is 3.58. The molecule has 0 amide bonds.